The molecule has 0 amide bonds. The average Bonchev–Trinajstić information content (AvgIpc) is 2.86. The summed E-state index contributed by atoms with van der Waals surface area (Å²) in [6.45, 7) is 7.11. The fourth-order valence-electron chi connectivity index (χ4n) is 5.83. The summed E-state index contributed by atoms with van der Waals surface area (Å²) in [6.07, 6.45) is 4.45. The van der Waals surface area contributed by atoms with Crippen molar-refractivity contribution in [2.24, 2.45) is 0 Å². The molecule has 0 unspecified atom stereocenters. The van der Waals surface area contributed by atoms with Crippen LogP contribution in [0, 0.1) is 0 Å². The fraction of sp³-hybridized carbons (Fsp3) is 0.419. The van der Waals surface area contributed by atoms with E-state index in [9.17, 15) is 9.59 Å². The maximum atomic E-state index is 13.5. The van der Waals surface area contributed by atoms with Crippen LogP contribution in [0.1, 0.15) is 76.3 Å². The van der Waals surface area contributed by atoms with Crippen molar-refractivity contribution in [3.05, 3.63) is 82.2 Å². The summed E-state index contributed by atoms with van der Waals surface area (Å²) in [5.41, 5.74) is 5.89. The van der Waals surface area contributed by atoms with Gasteiger partial charge in [0.25, 0.3) is 0 Å². The maximum absolute atomic E-state index is 13.5. The third kappa shape index (κ3) is 4.59. The van der Waals surface area contributed by atoms with Crippen LogP contribution in [-0.4, -0.2) is 29.2 Å². The Morgan fingerprint density at radius 2 is 1.50 bits per heavy atom. The Hall–Kier alpha value is -3.34. The van der Waals surface area contributed by atoms with Crippen LogP contribution in [0.25, 0.3) is 0 Å². The Bertz CT molecular complexity index is 1180. The number of Topliss-reactive ketones (excluding diaryl/α,β-unsaturated/α-hetero) is 2. The first kappa shape index (κ1) is 24.4. The number of carbonyl (C=O) groups excluding carboxylic acids is 2. The van der Waals surface area contributed by atoms with Crippen molar-refractivity contribution in [1.82, 2.24) is 4.90 Å². The van der Waals surface area contributed by atoms with E-state index in [2.05, 4.69) is 17.0 Å². The zero-order valence-corrected chi connectivity index (χ0v) is 21.5. The van der Waals surface area contributed by atoms with Gasteiger partial charge in [-0.05, 0) is 69.7 Å². The lowest BCUT2D eigenvalue weighted by molar-refractivity contribution is -0.117. The highest BCUT2D eigenvalue weighted by Crippen LogP contribution is 2.50. The van der Waals surface area contributed by atoms with Crippen molar-refractivity contribution < 1.29 is 19.1 Å². The zero-order valence-electron chi connectivity index (χ0n) is 21.5. The highest BCUT2D eigenvalue weighted by molar-refractivity contribution is 6.06. The molecule has 0 atom stereocenters. The lowest BCUT2D eigenvalue weighted by Gasteiger charge is -2.44. The van der Waals surface area contributed by atoms with Crippen LogP contribution in [-0.2, 0) is 16.1 Å². The number of rotatable bonds is 7. The normalized spacial score (nSPS) is 18.5. The van der Waals surface area contributed by atoms with Gasteiger partial charge in [0.2, 0.25) is 0 Å². The molecule has 0 spiro atoms. The quantitative estimate of drug-likeness (QED) is 0.449. The number of carbonyl (C=O) groups is 2. The van der Waals surface area contributed by atoms with Gasteiger partial charge in [0.15, 0.2) is 23.1 Å². The van der Waals surface area contributed by atoms with Crippen molar-refractivity contribution in [3.8, 4) is 11.5 Å². The van der Waals surface area contributed by atoms with Crippen molar-refractivity contribution >= 4 is 11.6 Å². The van der Waals surface area contributed by atoms with E-state index in [0.29, 0.717) is 37.5 Å². The Balaban J connectivity index is 1.67. The van der Waals surface area contributed by atoms with E-state index in [1.165, 1.54) is 5.56 Å². The minimum Gasteiger partial charge on any atom is -0.490 e. The second-order valence-electron chi connectivity index (χ2n) is 10.1. The molecule has 5 heteroatoms. The second-order valence-corrected chi connectivity index (χ2v) is 10.1. The standard InChI is InChI=1S/C31H35NO4/c1-4-35-28-18-22(16-17-27(28)36-20(2)3)29-30-23(12-8-14-25(30)33)32(19-21-10-6-5-7-11-21)24-13-9-15-26(34)31(24)29/h5-7,10-11,16-18,20,29H,4,8-9,12-15,19H2,1-3H3. The number of hydrogen-bond acceptors (Lipinski definition) is 5. The smallest absolute Gasteiger partial charge is 0.161 e. The van der Waals surface area contributed by atoms with Crippen LogP contribution in [0.4, 0.5) is 0 Å². The van der Waals surface area contributed by atoms with Crippen LogP contribution in [0.3, 0.4) is 0 Å². The Kier molecular flexibility index (Phi) is 6.99. The fourth-order valence-corrected chi connectivity index (χ4v) is 5.83. The molecule has 5 rings (SSSR count). The zero-order chi connectivity index (χ0) is 25.2. The predicted molar refractivity (Wildman–Crippen MR) is 140 cm³/mol. The molecule has 0 radical (unpaired) electrons. The molecule has 0 saturated heterocycles. The molecule has 0 N–H and O–H groups in total. The lowest BCUT2D eigenvalue weighted by atomic mass is 9.71. The summed E-state index contributed by atoms with van der Waals surface area (Å²) >= 11 is 0. The third-order valence-electron chi connectivity index (χ3n) is 7.23. The Morgan fingerprint density at radius 1 is 0.861 bits per heavy atom. The van der Waals surface area contributed by atoms with E-state index in [1.807, 2.05) is 57.2 Å². The molecule has 0 aromatic heterocycles. The second kappa shape index (κ2) is 10.3. The summed E-state index contributed by atoms with van der Waals surface area (Å²) < 4.78 is 11.9. The number of ether oxygens (including phenoxy) is 2. The van der Waals surface area contributed by atoms with Gasteiger partial charge in [-0.1, -0.05) is 36.4 Å². The largest absolute Gasteiger partial charge is 0.490 e. The molecule has 1 aliphatic heterocycles. The third-order valence-corrected chi connectivity index (χ3v) is 7.23. The van der Waals surface area contributed by atoms with Crippen LogP contribution < -0.4 is 9.47 Å². The summed E-state index contributed by atoms with van der Waals surface area (Å²) in [5.74, 6) is 1.31. The van der Waals surface area contributed by atoms with Gasteiger partial charge in [0, 0.05) is 47.8 Å². The lowest BCUT2D eigenvalue weighted by Crippen LogP contribution is -2.38. The number of benzene rings is 2. The van der Waals surface area contributed by atoms with Gasteiger partial charge < -0.3 is 14.4 Å². The highest BCUT2D eigenvalue weighted by Gasteiger charge is 2.43. The molecule has 36 heavy (non-hydrogen) atoms. The number of ketones is 2. The van der Waals surface area contributed by atoms with Gasteiger partial charge in [-0.2, -0.15) is 0 Å². The van der Waals surface area contributed by atoms with E-state index in [1.54, 1.807) is 0 Å². The van der Waals surface area contributed by atoms with Crippen molar-refractivity contribution in [1.29, 1.82) is 0 Å². The average molecular weight is 486 g/mol. The first-order valence-electron chi connectivity index (χ1n) is 13.2. The maximum Gasteiger partial charge on any atom is 0.161 e. The Labute approximate surface area is 213 Å². The molecule has 3 aliphatic rings. The summed E-state index contributed by atoms with van der Waals surface area (Å²) in [4.78, 5) is 29.4. The van der Waals surface area contributed by atoms with Crippen LogP contribution in [0.15, 0.2) is 71.1 Å². The van der Waals surface area contributed by atoms with Crippen LogP contribution in [0.2, 0.25) is 0 Å². The van der Waals surface area contributed by atoms with Gasteiger partial charge in [0.1, 0.15) is 0 Å². The minimum absolute atomic E-state index is 0.0137. The number of hydrogen-bond donors (Lipinski definition) is 0. The molecule has 0 saturated carbocycles. The molecule has 5 nitrogen and oxygen atoms in total. The van der Waals surface area contributed by atoms with Gasteiger partial charge in [-0.15, -0.1) is 0 Å². The first-order valence-corrected chi connectivity index (χ1v) is 13.2. The predicted octanol–water partition coefficient (Wildman–Crippen LogP) is 6.49. The summed E-state index contributed by atoms with van der Waals surface area (Å²) in [5, 5.41) is 0. The molecule has 2 aliphatic carbocycles. The molecule has 0 bridgehead atoms. The first-order chi connectivity index (χ1) is 17.5. The van der Waals surface area contributed by atoms with Gasteiger partial charge >= 0.3 is 0 Å². The molecule has 1 heterocycles. The molecule has 188 valence electrons. The molecular weight excluding hydrogens is 450 g/mol. The molecule has 2 aromatic carbocycles. The highest BCUT2D eigenvalue weighted by atomic mass is 16.5. The van der Waals surface area contributed by atoms with Crippen molar-refractivity contribution in [2.45, 2.75) is 77.9 Å². The van der Waals surface area contributed by atoms with E-state index < -0.39 is 0 Å². The van der Waals surface area contributed by atoms with Crippen LogP contribution in [0.5, 0.6) is 11.5 Å². The summed E-state index contributed by atoms with van der Waals surface area (Å²) in [7, 11) is 0. The van der Waals surface area contributed by atoms with E-state index >= 15 is 0 Å². The van der Waals surface area contributed by atoms with Gasteiger partial charge in [-0.3, -0.25) is 9.59 Å². The van der Waals surface area contributed by atoms with Crippen molar-refractivity contribution in [2.75, 3.05) is 6.61 Å². The van der Waals surface area contributed by atoms with E-state index in [0.717, 1.165) is 53.8 Å². The summed E-state index contributed by atoms with van der Waals surface area (Å²) in [6, 6.07) is 16.3. The SMILES string of the molecule is CCOc1cc(C2C3=C(CCCC3=O)N(Cc3ccccc3)C3=C2C(=O)CCC3)ccc1OC(C)C. The molecule has 0 fully saturated rings. The van der Waals surface area contributed by atoms with Gasteiger partial charge in [-0.25, -0.2) is 0 Å². The number of allylic oxidation sites excluding steroid dienone is 4. The molecule has 2 aromatic rings. The Morgan fingerprint density at radius 3 is 2.08 bits per heavy atom. The van der Waals surface area contributed by atoms with E-state index in [-0.39, 0.29) is 23.6 Å². The van der Waals surface area contributed by atoms with Crippen molar-refractivity contribution in [3.63, 3.8) is 0 Å². The van der Waals surface area contributed by atoms with E-state index in [4.69, 9.17) is 9.47 Å². The molecular formula is C31H35NO4. The minimum atomic E-state index is -0.352. The van der Waals surface area contributed by atoms with Crippen LogP contribution >= 0.6 is 0 Å². The van der Waals surface area contributed by atoms with Gasteiger partial charge in [0.05, 0.1) is 12.7 Å². The monoisotopic (exact) mass is 485 g/mol. The topological polar surface area (TPSA) is 55.8 Å². The number of nitrogens with zero attached hydrogens (tertiary/aromatic N) is 1.